The molecule has 3 rings (SSSR count). The number of aliphatic hydroxyl groups is 1. The Morgan fingerprint density at radius 3 is 1.92 bits per heavy atom. The molecule has 1 aliphatic rings. The number of hydrogen-bond donors (Lipinski definition) is 1. The summed E-state index contributed by atoms with van der Waals surface area (Å²) in [6.07, 6.45) is -0.366. The van der Waals surface area contributed by atoms with Crippen LogP contribution in [0.4, 0.5) is 0 Å². The molecular weight excluding hydrogens is 328 g/mol. The van der Waals surface area contributed by atoms with Gasteiger partial charge in [-0.25, -0.2) is 4.79 Å². The molecule has 0 spiro atoms. The summed E-state index contributed by atoms with van der Waals surface area (Å²) < 4.78 is 5.23. The summed E-state index contributed by atoms with van der Waals surface area (Å²) in [7, 11) is 0. The summed E-state index contributed by atoms with van der Waals surface area (Å²) >= 11 is 0. The molecule has 0 radical (unpaired) electrons. The molecule has 4 nitrogen and oxygen atoms in total. The molecule has 1 fully saturated rings. The van der Waals surface area contributed by atoms with Crippen LogP contribution in [0, 0.1) is 5.92 Å². The van der Waals surface area contributed by atoms with Gasteiger partial charge in [-0.2, -0.15) is 0 Å². The first-order chi connectivity index (χ1) is 12.5. The molecule has 0 amide bonds. The fraction of sp³-hybridized carbons (Fsp3) is 0.273. The van der Waals surface area contributed by atoms with Gasteiger partial charge < -0.3 is 9.84 Å². The van der Waals surface area contributed by atoms with Crippen LogP contribution in [0.2, 0.25) is 0 Å². The van der Waals surface area contributed by atoms with Gasteiger partial charge in [-0.15, -0.1) is 0 Å². The number of esters is 1. The van der Waals surface area contributed by atoms with Gasteiger partial charge in [-0.3, -0.25) is 4.79 Å². The monoisotopic (exact) mass is 350 g/mol. The van der Waals surface area contributed by atoms with Crippen LogP contribution in [-0.2, 0) is 14.3 Å². The van der Waals surface area contributed by atoms with Crippen LogP contribution in [0.5, 0.6) is 0 Å². The molecular formula is C22H22O4. The van der Waals surface area contributed by atoms with E-state index in [1.165, 1.54) is 0 Å². The first-order valence-corrected chi connectivity index (χ1v) is 8.77. The number of cyclic esters (lactones) is 1. The Labute approximate surface area is 153 Å². The zero-order valence-corrected chi connectivity index (χ0v) is 14.9. The van der Waals surface area contributed by atoms with Gasteiger partial charge in [0.1, 0.15) is 11.3 Å². The Bertz CT molecular complexity index is 782. The molecule has 0 saturated carbocycles. The summed E-state index contributed by atoms with van der Waals surface area (Å²) in [4.78, 5) is 25.0. The van der Waals surface area contributed by atoms with E-state index in [0.29, 0.717) is 6.42 Å². The van der Waals surface area contributed by atoms with Crippen molar-refractivity contribution in [1.29, 1.82) is 0 Å². The lowest BCUT2D eigenvalue weighted by Gasteiger charge is -2.18. The summed E-state index contributed by atoms with van der Waals surface area (Å²) in [6, 6.07) is 18.7. The number of allylic oxidation sites excluding steroid dienone is 1. The number of rotatable bonds is 5. The van der Waals surface area contributed by atoms with E-state index in [4.69, 9.17) is 4.74 Å². The predicted octanol–water partition coefficient (Wildman–Crippen LogP) is 4.17. The standard InChI is InChI=1S/C22H22O4/c1-14(2)13-17-20(23)19(22(25)26-17)21(24)18(15-9-5-3-6-10-15)16-11-7-4-8-12-16/h3-12,14,17-18,24H,13H2,1-2H3. The molecule has 4 heteroatoms. The predicted molar refractivity (Wildman–Crippen MR) is 98.7 cm³/mol. The highest BCUT2D eigenvalue weighted by atomic mass is 16.6. The maximum Gasteiger partial charge on any atom is 0.346 e. The minimum atomic E-state index is -0.813. The Kier molecular flexibility index (Phi) is 5.21. The largest absolute Gasteiger partial charge is 0.510 e. The van der Waals surface area contributed by atoms with Gasteiger partial charge >= 0.3 is 5.97 Å². The van der Waals surface area contributed by atoms with Gasteiger partial charge in [-0.05, 0) is 23.5 Å². The highest BCUT2D eigenvalue weighted by molar-refractivity contribution is 6.23. The average Bonchev–Trinajstić information content (AvgIpc) is 2.90. The molecule has 2 aromatic rings. The van der Waals surface area contributed by atoms with E-state index in [-0.39, 0.29) is 17.3 Å². The second-order valence-electron chi connectivity index (χ2n) is 6.90. The number of ether oxygens (including phenoxy) is 1. The number of hydrogen-bond acceptors (Lipinski definition) is 4. The molecule has 0 aromatic heterocycles. The molecule has 1 aliphatic heterocycles. The molecule has 2 aromatic carbocycles. The molecule has 0 aliphatic carbocycles. The molecule has 1 saturated heterocycles. The Morgan fingerprint density at radius 1 is 0.962 bits per heavy atom. The number of carbonyl (C=O) groups excluding carboxylic acids is 2. The first-order valence-electron chi connectivity index (χ1n) is 8.77. The van der Waals surface area contributed by atoms with Crippen LogP contribution in [0.15, 0.2) is 72.0 Å². The van der Waals surface area contributed by atoms with E-state index < -0.39 is 23.8 Å². The number of Topliss-reactive ketones (excluding diaryl/α,β-unsaturated/α-hetero) is 1. The molecule has 134 valence electrons. The first kappa shape index (κ1) is 17.9. The van der Waals surface area contributed by atoms with Crippen molar-refractivity contribution in [3.63, 3.8) is 0 Å². The maximum absolute atomic E-state index is 12.7. The lowest BCUT2D eigenvalue weighted by molar-refractivity contribution is -0.141. The van der Waals surface area contributed by atoms with E-state index in [2.05, 4.69) is 0 Å². The third kappa shape index (κ3) is 3.54. The van der Waals surface area contributed by atoms with Crippen LogP contribution in [0.3, 0.4) is 0 Å². The Balaban J connectivity index is 2.08. The number of ketones is 1. The van der Waals surface area contributed by atoms with Gasteiger partial charge in [0.25, 0.3) is 0 Å². The lowest BCUT2D eigenvalue weighted by Crippen LogP contribution is -2.19. The summed E-state index contributed by atoms with van der Waals surface area (Å²) in [5.41, 5.74) is 1.38. The third-order valence-electron chi connectivity index (χ3n) is 4.47. The van der Waals surface area contributed by atoms with Crippen molar-refractivity contribution in [2.75, 3.05) is 0 Å². The van der Waals surface area contributed by atoms with Crippen molar-refractivity contribution in [3.8, 4) is 0 Å². The number of carbonyl (C=O) groups is 2. The summed E-state index contributed by atoms with van der Waals surface area (Å²) in [5.74, 6) is -1.81. The van der Waals surface area contributed by atoms with E-state index in [1.54, 1.807) is 0 Å². The van der Waals surface area contributed by atoms with Crippen LogP contribution in [0.25, 0.3) is 0 Å². The average molecular weight is 350 g/mol. The second-order valence-corrected chi connectivity index (χ2v) is 6.90. The fourth-order valence-corrected chi connectivity index (χ4v) is 3.26. The zero-order valence-electron chi connectivity index (χ0n) is 14.9. The van der Waals surface area contributed by atoms with E-state index in [9.17, 15) is 14.7 Å². The molecule has 1 heterocycles. The molecule has 26 heavy (non-hydrogen) atoms. The SMILES string of the molecule is CC(C)CC1OC(=O)C(=C(O)C(c2ccccc2)c2ccccc2)C1=O. The van der Waals surface area contributed by atoms with E-state index >= 15 is 0 Å². The van der Waals surface area contributed by atoms with Gasteiger partial charge in [0.05, 0.1) is 5.92 Å². The number of aliphatic hydroxyl groups excluding tert-OH is 1. The molecule has 0 bridgehead atoms. The highest BCUT2D eigenvalue weighted by Crippen LogP contribution is 2.35. The van der Waals surface area contributed by atoms with Crippen LogP contribution < -0.4 is 0 Å². The topological polar surface area (TPSA) is 63.6 Å². The third-order valence-corrected chi connectivity index (χ3v) is 4.47. The van der Waals surface area contributed by atoms with Gasteiger partial charge in [0.2, 0.25) is 5.78 Å². The minimum absolute atomic E-state index is 0.206. The van der Waals surface area contributed by atoms with Crippen molar-refractivity contribution in [2.24, 2.45) is 5.92 Å². The van der Waals surface area contributed by atoms with Gasteiger partial charge in [-0.1, -0.05) is 74.5 Å². The fourth-order valence-electron chi connectivity index (χ4n) is 3.26. The quantitative estimate of drug-likeness (QED) is 0.380. The van der Waals surface area contributed by atoms with Crippen molar-refractivity contribution in [2.45, 2.75) is 32.3 Å². The maximum atomic E-state index is 12.7. The van der Waals surface area contributed by atoms with Crippen LogP contribution in [0.1, 0.15) is 37.3 Å². The van der Waals surface area contributed by atoms with Crippen molar-refractivity contribution in [3.05, 3.63) is 83.1 Å². The van der Waals surface area contributed by atoms with Gasteiger partial charge in [0.15, 0.2) is 6.10 Å². The Morgan fingerprint density at radius 2 is 1.46 bits per heavy atom. The Hall–Kier alpha value is -2.88. The molecule has 1 unspecified atom stereocenters. The van der Waals surface area contributed by atoms with Crippen molar-refractivity contribution < 1.29 is 19.4 Å². The van der Waals surface area contributed by atoms with Crippen LogP contribution >= 0.6 is 0 Å². The smallest absolute Gasteiger partial charge is 0.346 e. The normalized spacial score (nSPS) is 19.2. The van der Waals surface area contributed by atoms with E-state index in [1.807, 2.05) is 74.5 Å². The van der Waals surface area contributed by atoms with E-state index in [0.717, 1.165) is 11.1 Å². The summed E-state index contributed by atoms with van der Waals surface area (Å²) in [5, 5.41) is 11.0. The number of benzene rings is 2. The lowest BCUT2D eigenvalue weighted by atomic mass is 9.86. The zero-order chi connectivity index (χ0) is 18.7. The molecule has 1 N–H and O–H groups in total. The van der Waals surface area contributed by atoms with Crippen molar-refractivity contribution >= 4 is 11.8 Å². The van der Waals surface area contributed by atoms with Crippen molar-refractivity contribution in [1.82, 2.24) is 0 Å². The molecule has 1 atom stereocenters. The van der Waals surface area contributed by atoms with Crippen LogP contribution in [-0.4, -0.2) is 23.0 Å². The van der Waals surface area contributed by atoms with Gasteiger partial charge in [0, 0.05) is 0 Å². The minimum Gasteiger partial charge on any atom is -0.510 e. The summed E-state index contributed by atoms with van der Waals surface area (Å²) in [6.45, 7) is 3.92. The highest BCUT2D eigenvalue weighted by Gasteiger charge is 2.42. The second kappa shape index (κ2) is 7.56.